The van der Waals surface area contributed by atoms with E-state index in [4.69, 9.17) is 11.0 Å². The Morgan fingerprint density at radius 3 is 2.85 bits per heavy atom. The molecule has 0 bridgehead atoms. The number of anilines is 3. The first kappa shape index (κ1) is 13.2. The Bertz CT molecular complexity index is 727. The highest BCUT2D eigenvalue weighted by Crippen LogP contribution is 2.30. The standard InChI is InChI=1S/C11H7FN6O2/c12-7-1-2-8(6(3-7)4-13)17-11-9(18(19)20)10(14)15-5-16-11/h1-3,5H,(H3,14,15,16,17). The highest BCUT2D eigenvalue weighted by atomic mass is 19.1. The molecule has 1 aromatic heterocycles. The highest BCUT2D eigenvalue weighted by Gasteiger charge is 2.21. The number of nitrogens with zero attached hydrogens (tertiary/aromatic N) is 4. The molecule has 0 unspecified atom stereocenters. The molecule has 1 heterocycles. The molecule has 0 aliphatic rings. The number of nitro groups is 1. The predicted molar refractivity (Wildman–Crippen MR) is 67.5 cm³/mol. The van der Waals surface area contributed by atoms with Crippen molar-refractivity contribution in [2.24, 2.45) is 0 Å². The molecule has 0 saturated carbocycles. The van der Waals surface area contributed by atoms with Crippen LogP contribution < -0.4 is 11.1 Å². The van der Waals surface area contributed by atoms with Gasteiger partial charge in [0.1, 0.15) is 18.2 Å². The lowest BCUT2D eigenvalue weighted by Crippen LogP contribution is -2.05. The van der Waals surface area contributed by atoms with Crippen molar-refractivity contribution in [3.8, 4) is 6.07 Å². The van der Waals surface area contributed by atoms with Crippen LogP contribution in [0.25, 0.3) is 0 Å². The monoisotopic (exact) mass is 274 g/mol. The molecule has 0 radical (unpaired) electrons. The lowest BCUT2D eigenvalue weighted by molar-refractivity contribution is -0.383. The van der Waals surface area contributed by atoms with Crippen LogP contribution in [0.3, 0.4) is 0 Å². The number of nitrogen functional groups attached to an aromatic ring is 1. The molecule has 2 rings (SSSR count). The number of nitriles is 1. The normalized spacial score (nSPS) is 9.80. The van der Waals surface area contributed by atoms with Crippen molar-refractivity contribution in [1.29, 1.82) is 5.26 Å². The number of hydrogen-bond donors (Lipinski definition) is 2. The molecule has 8 nitrogen and oxygen atoms in total. The van der Waals surface area contributed by atoms with Gasteiger partial charge in [0, 0.05) is 0 Å². The molecule has 0 aliphatic heterocycles. The molecular weight excluding hydrogens is 267 g/mol. The summed E-state index contributed by atoms with van der Waals surface area (Å²) in [7, 11) is 0. The van der Waals surface area contributed by atoms with Crippen LogP contribution in [0.2, 0.25) is 0 Å². The summed E-state index contributed by atoms with van der Waals surface area (Å²) >= 11 is 0. The lowest BCUT2D eigenvalue weighted by Gasteiger charge is -2.08. The lowest BCUT2D eigenvalue weighted by atomic mass is 10.2. The molecule has 20 heavy (non-hydrogen) atoms. The second kappa shape index (κ2) is 5.15. The maximum Gasteiger partial charge on any atom is 0.353 e. The molecule has 0 spiro atoms. The molecule has 3 N–H and O–H groups in total. The van der Waals surface area contributed by atoms with Gasteiger partial charge in [0.2, 0.25) is 11.6 Å². The van der Waals surface area contributed by atoms with E-state index in [1.165, 1.54) is 6.07 Å². The molecule has 9 heteroatoms. The Hall–Kier alpha value is -3.28. The number of nitrogens with one attached hydrogen (secondary N) is 1. The van der Waals surface area contributed by atoms with Crippen molar-refractivity contribution in [2.45, 2.75) is 0 Å². The van der Waals surface area contributed by atoms with E-state index in [9.17, 15) is 14.5 Å². The van der Waals surface area contributed by atoms with Gasteiger partial charge in [-0.1, -0.05) is 0 Å². The number of benzene rings is 1. The van der Waals surface area contributed by atoms with E-state index >= 15 is 0 Å². The van der Waals surface area contributed by atoms with Crippen LogP contribution in [0.5, 0.6) is 0 Å². The van der Waals surface area contributed by atoms with Gasteiger partial charge in [-0.05, 0) is 18.2 Å². The summed E-state index contributed by atoms with van der Waals surface area (Å²) in [6.07, 6.45) is 1.04. The summed E-state index contributed by atoms with van der Waals surface area (Å²) in [5.41, 5.74) is 5.06. The first-order valence-electron chi connectivity index (χ1n) is 5.24. The average molecular weight is 274 g/mol. The maximum absolute atomic E-state index is 13.0. The van der Waals surface area contributed by atoms with Crippen molar-refractivity contribution >= 4 is 23.0 Å². The second-order valence-electron chi connectivity index (χ2n) is 3.64. The van der Waals surface area contributed by atoms with E-state index in [1.807, 2.05) is 0 Å². The van der Waals surface area contributed by atoms with Crippen LogP contribution in [0, 0.1) is 27.3 Å². The van der Waals surface area contributed by atoms with Crippen molar-refractivity contribution in [3.63, 3.8) is 0 Å². The maximum atomic E-state index is 13.0. The van der Waals surface area contributed by atoms with Crippen LogP contribution in [0.4, 0.5) is 27.4 Å². The van der Waals surface area contributed by atoms with E-state index in [2.05, 4.69) is 15.3 Å². The van der Waals surface area contributed by atoms with Crippen molar-refractivity contribution < 1.29 is 9.31 Å². The molecule has 0 amide bonds. The van der Waals surface area contributed by atoms with Crippen LogP contribution >= 0.6 is 0 Å². The molecule has 100 valence electrons. The zero-order valence-electron chi connectivity index (χ0n) is 9.87. The second-order valence-corrected chi connectivity index (χ2v) is 3.64. The van der Waals surface area contributed by atoms with E-state index in [1.54, 1.807) is 6.07 Å². The topological polar surface area (TPSA) is 131 Å². The van der Waals surface area contributed by atoms with Gasteiger partial charge < -0.3 is 11.1 Å². The van der Waals surface area contributed by atoms with Gasteiger partial charge in [0.15, 0.2) is 0 Å². The van der Waals surface area contributed by atoms with Gasteiger partial charge in [0.25, 0.3) is 0 Å². The third kappa shape index (κ3) is 2.44. The first-order valence-corrected chi connectivity index (χ1v) is 5.24. The quantitative estimate of drug-likeness (QED) is 0.643. The fourth-order valence-electron chi connectivity index (χ4n) is 1.51. The van der Waals surface area contributed by atoms with Crippen LogP contribution in [-0.4, -0.2) is 14.9 Å². The highest BCUT2D eigenvalue weighted by molar-refractivity contribution is 5.74. The molecule has 2 aromatic rings. The van der Waals surface area contributed by atoms with Crippen molar-refractivity contribution in [1.82, 2.24) is 9.97 Å². The molecule has 0 fully saturated rings. The number of aromatic nitrogens is 2. The molecular formula is C11H7FN6O2. The van der Waals surface area contributed by atoms with Crippen LogP contribution in [0.15, 0.2) is 24.5 Å². The number of rotatable bonds is 3. The van der Waals surface area contributed by atoms with E-state index in [0.717, 1.165) is 18.5 Å². The van der Waals surface area contributed by atoms with Crippen molar-refractivity contribution in [2.75, 3.05) is 11.1 Å². The third-order valence-corrected chi connectivity index (χ3v) is 2.39. The smallest absolute Gasteiger partial charge is 0.353 e. The minimum absolute atomic E-state index is 0.0171. The molecule has 1 aromatic carbocycles. The summed E-state index contributed by atoms with van der Waals surface area (Å²) in [6, 6.07) is 5.16. The number of halogens is 1. The number of hydrogen-bond acceptors (Lipinski definition) is 7. The Kier molecular flexibility index (Phi) is 3.39. The van der Waals surface area contributed by atoms with Gasteiger partial charge in [0.05, 0.1) is 16.2 Å². The summed E-state index contributed by atoms with van der Waals surface area (Å²) < 4.78 is 13.0. The van der Waals surface area contributed by atoms with Crippen molar-refractivity contribution in [3.05, 3.63) is 46.0 Å². The van der Waals surface area contributed by atoms with Gasteiger partial charge in [-0.15, -0.1) is 0 Å². The summed E-state index contributed by atoms with van der Waals surface area (Å²) in [6.45, 7) is 0. The Morgan fingerprint density at radius 1 is 1.45 bits per heavy atom. The SMILES string of the molecule is N#Cc1cc(F)ccc1Nc1ncnc(N)c1[N+](=O)[O-]. The van der Waals surface area contributed by atoms with Crippen LogP contribution in [-0.2, 0) is 0 Å². The van der Waals surface area contributed by atoms with Crippen LogP contribution in [0.1, 0.15) is 5.56 Å². The largest absolute Gasteiger partial charge is 0.378 e. The van der Waals surface area contributed by atoms with E-state index < -0.39 is 16.4 Å². The number of nitrogens with two attached hydrogens (primary N) is 1. The third-order valence-electron chi connectivity index (χ3n) is 2.39. The average Bonchev–Trinajstić information content (AvgIpc) is 2.40. The van der Waals surface area contributed by atoms with E-state index in [-0.39, 0.29) is 22.9 Å². The predicted octanol–water partition coefficient (Wildman–Crippen LogP) is 1.72. The Morgan fingerprint density at radius 2 is 2.20 bits per heavy atom. The minimum atomic E-state index is -0.743. The zero-order chi connectivity index (χ0) is 14.7. The first-order chi connectivity index (χ1) is 9.52. The van der Waals surface area contributed by atoms with Gasteiger partial charge in [-0.2, -0.15) is 5.26 Å². The van der Waals surface area contributed by atoms with Gasteiger partial charge in [-0.25, -0.2) is 14.4 Å². The Labute approximate surface area is 111 Å². The van der Waals surface area contributed by atoms with Gasteiger partial charge >= 0.3 is 5.69 Å². The Balaban J connectivity index is 2.49. The molecule has 0 aliphatic carbocycles. The van der Waals surface area contributed by atoms with Gasteiger partial charge in [-0.3, -0.25) is 10.1 Å². The summed E-state index contributed by atoms with van der Waals surface area (Å²) in [5, 5.41) is 22.4. The fourth-order valence-corrected chi connectivity index (χ4v) is 1.51. The summed E-state index contributed by atoms with van der Waals surface area (Å²) in [5.74, 6) is -1.08. The summed E-state index contributed by atoms with van der Waals surface area (Å²) in [4.78, 5) is 17.4. The fraction of sp³-hybridized carbons (Fsp3) is 0. The molecule has 0 atom stereocenters. The zero-order valence-corrected chi connectivity index (χ0v) is 9.87. The molecule has 0 saturated heterocycles. The minimum Gasteiger partial charge on any atom is -0.378 e. The van der Waals surface area contributed by atoms with E-state index in [0.29, 0.717) is 0 Å².